The van der Waals surface area contributed by atoms with Gasteiger partial charge in [0.15, 0.2) is 0 Å². The molecule has 1 aromatic carbocycles. The lowest BCUT2D eigenvalue weighted by atomic mass is 10.1. The molecule has 0 atom stereocenters. The van der Waals surface area contributed by atoms with Crippen LogP contribution >= 0.6 is 22.9 Å². The van der Waals surface area contributed by atoms with Crippen LogP contribution in [0.4, 0.5) is 5.95 Å². The highest BCUT2D eigenvalue weighted by molar-refractivity contribution is 7.22. The van der Waals surface area contributed by atoms with Gasteiger partial charge in [-0.05, 0) is 18.2 Å². The molecule has 7 nitrogen and oxygen atoms in total. The number of carboxylic acid groups (broad SMARTS) is 1. The van der Waals surface area contributed by atoms with Gasteiger partial charge >= 0.3 is 5.97 Å². The van der Waals surface area contributed by atoms with Gasteiger partial charge in [0.2, 0.25) is 5.95 Å². The molecule has 0 spiro atoms. The first-order valence-electron chi connectivity index (χ1n) is 9.07. The summed E-state index contributed by atoms with van der Waals surface area (Å²) in [5, 5.41) is 17.1. The van der Waals surface area contributed by atoms with E-state index in [0.717, 1.165) is 48.8 Å². The molecule has 1 aliphatic heterocycles. The number of nitrogens with one attached hydrogen (secondary N) is 2. The number of nitrogens with zero attached hydrogens (tertiary/aromatic N) is 3. The third kappa shape index (κ3) is 4.10. The fraction of sp³-hybridized carbons (Fsp3) is 0.316. The number of benzene rings is 1. The molecule has 0 amide bonds. The van der Waals surface area contributed by atoms with Crippen molar-refractivity contribution in [3.05, 3.63) is 41.0 Å². The number of thiophene rings is 1. The Morgan fingerprint density at radius 2 is 2.18 bits per heavy atom. The first-order valence-corrected chi connectivity index (χ1v) is 10.3. The number of piperazine rings is 1. The lowest BCUT2D eigenvalue weighted by Crippen LogP contribution is -2.45. The Hall–Kier alpha value is -2.26. The van der Waals surface area contributed by atoms with Crippen molar-refractivity contribution >= 4 is 44.9 Å². The van der Waals surface area contributed by atoms with Crippen LogP contribution in [0.1, 0.15) is 10.4 Å². The summed E-state index contributed by atoms with van der Waals surface area (Å²) < 4.78 is 0.887. The van der Waals surface area contributed by atoms with E-state index in [2.05, 4.69) is 25.5 Å². The number of anilines is 1. The summed E-state index contributed by atoms with van der Waals surface area (Å²) in [5.41, 5.74) is 0.887. The molecule has 146 valence electrons. The monoisotopic (exact) mass is 417 g/mol. The largest absolute Gasteiger partial charge is 0.478 e. The number of rotatable bonds is 6. The topological polar surface area (TPSA) is 90.4 Å². The number of aromatic nitrogens is 2. The zero-order valence-corrected chi connectivity index (χ0v) is 16.7. The van der Waals surface area contributed by atoms with Gasteiger partial charge in [-0.2, -0.15) is 0 Å². The van der Waals surface area contributed by atoms with Crippen molar-refractivity contribution in [3.63, 3.8) is 0 Å². The molecular weight excluding hydrogens is 398 g/mol. The molecular formula is C19H20ClN5O2S. The lowest BCUT2D eigenvalue weighted by Gasteiger charge is -2.27. The molecule has 3 heterocycles. The molecule has 9 heteroatoms. The van der Waals surface area contributed by atoms with Gasteiger partial charge in [0.25, 0.3) is 0 Å². The maximum absolute atomic E-state index is 11.5. The van der Waals surface area contributed by atoms with E-state index in [1.165, 1.54) is 11.3 Å². The number of carboxylic acids is 1. The normalized spacial score (nSPS) is 15.0. The van der Waals surface area contributed by atoms with Crippen molar-refractivity contribution in [1.82, 2.24) is 20.2 Å². The molecule has 0 aliphatic carbocycles. The first-order chi connectivity index (χ1) is 13.6. The van der Waals surface area contributed by atoms with Gasteiger partial charge in [0.05, 0.1) is 21.7 Å². The molecule has 3 aromatic rings. The van der Waals surface area contributed by atoms with E-state index in [-0.39, 0.29) is 5.56 Å². The van der Waals surface area contributed by atoms with Gasteiger partial charge in [-0.3, -0.25) is 4.90 Å². The highest BCUT2D eigenvalue weighted by Gasteiger charge is 2.16. The van der Waals surface area contributed by atoms with Crippen LogP contribution in [0.2, 0.25) is 5.02 Å². The summed E-state index contributed by atoms with van der Waals surface area (Å²) in [5.74, 6) is -0.426. The predicted molar refractivity (Wildman–Crippen MR) is 113 cm³/mol. The fourth-order valence-electron chi connectivity index (χ4n) is 3.25. The summed E-state index contributed by atoms with van der Waals surface area (Å²) in [4.78, 5) is 23.5. The van der Waals surface area contributed by atoms with Crippen LogP contribution in [0.5, 0.6) is 0 Å². The average Bonchev–Trinajstić information content (AvgIpc) is 3.14. The van der Waals surface area contributed by atoms with Crippen LogP contribution in [-0.4, -0.2) is 65.2 Å². The molecule has 0 saturated carbocycles. The van der Waals surface area contributed by atoms with Crippen molar-refractivity contribution in [2.24, 2.45) is 0 Å². The molecule has 1 aliphatic rings. The van der Waals surface area contributed by atoms with Crippen molar-refractivity contribution in [3.8, 4) is 10.6 Å². The second kappa shape index (κ2) is 8.40. The first kappa shape index (κ1) is 19.1. The van der Waals surface area contributed by atoms with E-state index in [0.29, 0.717) is 22.1 Å². The summed E-state index contributed by atoms with van der Waals surface area (Å²) in [6.45, 7) is 5.80. The van der Waals surface area contributed by atoms with E-state index < -0.39 is 5.97 Å². The third-order valence-corrected chi connectivity index (χ3v) is 6.07. The smallest absolute Gasteiger partial charge is 0.336 e. The second-order valence-corrected chi connectivity index (χ2v) is 8.03. The third-order valence-electron chi connectivity index (χ3n) is 4.69. The Morgan fingerprint density at radius 1 is 1.36 bits per heavy atom. The van der Waals surface area contributed by atoms with E-state index in [1.54, 1.807) is 18.3 Å². The van der Waals surface area contributed by atoms with E-state index in [1.807, 2.05) is 12.1 Å². The van der Waals surface area contributed by atoms with Gasteiger partial charge < -0.3 is 15.7 Å². The van der Waals surface area contributed by atoms with Gasteiger partial charge in [-0.15, -0.1) is 11.3 Å². The summed E-state index contributed by atoms with van der Waals surface area (Å²) in [6.07, 6.45) is 1.58. The number of hydrogen-bond acceptors (Lipinski definition) is 7. The highest BCUT2D eigenvalue weighted by atomic mass is 35.5. The summed E-state index contributed by atoms with van der Waals surface area (Å²) in [6, 6.07) is 7.09. The van der Waals surface area contributed by atoms with Crippen LogP contribution in [0.3, 0.4) is 0 Å². The number of aromatic carboxylic acids is 1. The second-order valence-electron chi connectivity index (χ2n) is 6.54. The minimum atomic E-state index is -0.945. The molecule has 0 radical (unpaired) electrons. The van der Waals surface area contributed by atoms with Gasteiger partial charge in [0, 0.05) is 49.4 Å². The van der Waals surface area contributed by atoms with Gasteiger partial charge in [0.1, 0.15) is 5.69 Å². The van der Waals surface area contributed by atoms with Gasteiger partial charge in [-0.1, -0.05) is 17.7 Å². The SMILES string of the molecule is O=C(O)c1cccc2sc(-c3nc(NCCN4CCNCC4)ncc3Cl)cc12. The van der Waals surface area contributed by atoms with Crippen molar-refractivity contribution in [1.29, 1.82) is 0 Å². The number of hydrogen-bond donors (Lipinski definition) is 3. The number of carbonyl (C=O) groups is 1. The highest BCUT2D eigenvalue weighted by Crippen LogP contribution is 2.37. The standard InChI is InChI=1S/C19H20ClN5O2S/c20-14-11-23-19(22-6-9-25-7-4-21-5-8-25)24-17(14)16-10-13-12(18(26)27)2-1-3-15(13)28-16/h1-3,10-11,21H,4-9H2,(H,26,27)(H,22,23,24). The quantitative estimate of drug-likeness (QED) is 0.567. The Labute approximate surface area is 171 Å². The minimum absolute atomic E-state index is 0.277. The Morgan fingerprint density at radius 3 is 2.96 bits per heavy atom. The molecule has 0 unspecified atom stereocenters. The average molecular weight is 418 g/mol. The van der Waals surface area contributed by atoms with E-state index in [9.17, 15) is 9.90 Å². The lowest BCUT2D eigenvalue weighted by molar-refractivity contribution is 0.0699. The maximum Gasteiger partial charge on any atom is 0.336 e. The van der Waals surface area contributed by atoms with Gasteiger partial charge in [-0.25, -0.2) is 14.8 Å². The molecule has 28 heavy (non-hydrogen) atoms. The molecule has 3 N–H and O–H groups in total. The Balaban J connectivity index is 1.54. The molecule has 1 saturated heterocycles. The Kier molecular flexibility index (Phi) is 5.72. The van der Waals surface area contributed by atoms with Crippen LogP contribution < -0.4 is 10.6 Å². The van der Waals surface area contributed by atoms with Crippen molar-refractivity contribution in [2.75, 3.05) is 44.6 Å². The van der Waals surface area contributed by atoms with E-state index >= 15 is 0 Å². The van der Waals surface area contributed by atoms with Crippen LogP contribution in [0.25, 0.3) is 20.7 Å². The van der Waals surface area contributed by atoms with E-state index in [4.69, 9.17) is 11.6 Å². The molecule has 2 aromatic heterocycles. The maximum atomic E-state index is 11.5. The van der Waals surface area contributed by atoms with Crippen molar-refractivity contribution in [2.45, 2.75) is 0 Å². The minimum Gasteiger partial charge on any atom is -0.478 e. The van der Waals surface area contributed by atoms with Crippen molar-refractivity contribution < 1.29 is 9.90 Å². The Bertz CT molecular complexity index is 1000. The van der Waals surface area contributed by atoms with Crippen LogP contribution in [-0.2, 0) is 0 Å². The zero-order valence-electron chi connectivity index (χ0n) is 15.1. The summed E-state index contributed by atoms with van der Waals surface area (Å²) >= 11 is 7.81. The molecule has 0 bridgehead atoms. The molecule has 4 rings (SSSR count). The zero-order chi connectivity index (χ0) is 19.5. The fourth-order valence-corrected chi connectivity index (χ4v) is 4.59. The predicted octanol–water partition coefficient (Wildman–Crippen LogP) is 3.03. The van der Waals surface area contributed by atoms with Crippen LogP contribution in [0.15, 0.2) is 30.5 Å². The number of fused-ring (bicyclic) bond motifs is 1. The number of halogens is 1. The summed E-state index contributed by atoms with van der Waals surface area (Å²) in [7, 11) is 0. The molecule has 1 fully saturated rings. The van der Waals surface area contributed by atoms with Crippen LogP contribution in [0, 0.1) is 0 Å².